The number of piperidine rings is 1. The second-order valence-corrected chi connectivity index (χ2v) is 7.54. The highest BCUT2D eigenvalue weighted by atomic mass is 16.5. The molecule has 2 N–H and O–H groups in total. The Labute approximate surface area is 159 Å². The van der Waals surface area contributed by atoms with Crippen LogP contribution in [0.25, 0.3) is 11.0 Å². The number of fused-ring (bicyclic) bond motifs is 1. The van der Waals surface area contributed by atoms with E-state index in [0.29, 0.717) is 12.5 Å². The number of anilines is 1. The number of aromatic amines is 1. The summed E-state index contributed by atoms with van der Waals surface area (Å²) < 4.78 is 5.51. The fourth-order valence-corrected chi connectivity index (χ4v) is 4.27. The van der Waals surface area contributed by atoms with Crippen LogP contribution < -0.4 is 5.32 Å². The summed E-state index contributed by atoms with van der Waals surface area (Å²) in [7, 11) is 0. The minimum atomic E-state index is -0.00799. The van der Waals surface area contributed by atoms with Crippen molar-refractivity contribution in [2.45, 2.75) is 50.6 Å². The summed E-state index contributed by atoms with van der Waals surface area (Å²) in [6.45, 7) is 7.98. The van der Waals surface area contributed by atoms with Crippen LogP contribution in [0.3, 0.4) is 0 Å². The number of nitrogens with zero attached hydrogens (tertiary/aromatic N) is 3. The normalized spacial score (nSPS) is 24.1. The summed E-state index contributed by atoms with van der Waals surface area (Å²) >= 11 is 0. The van der Waals surface area contributed by atoms with Crippen molar-refractivity contribution in [1.82, 2.24) is 19.9 Å². The van der Waals surface area contributed by atoms with E-state index in [2.05, 4.69) is 40.0 Å². The van der Waals surface area contributed by atoms with Gasteiger partial charge in [0.05, 0.1) is 5.39 Å². The van der Waals surface area contributed by atoms with E-state index in [1.54, 1.807) is 6.33 Å². The van der Waals surface area contributed by atoms with E-state index >= 15 is 0 Å². The van der Waals surface area contributed by atoms with Crippen molar-refractivity contribution in [1.29, 1.82) is 0 Å². The average molecular weight is 369 g/mol. The first-order valence-electron chi connectivity index (χ1n) is 9.76. The SMILES string of the molecule is C=CC(=O)N1C[C@H](Nc2ncnc3[nH]cc(C4CCOCC4)c23)CC[C@@H]1C. The van der Waals surface area contributed by atoms with Crippen molar-refractivity contribution in [2.24, 2.45) is 0 Å². The summed E-state index contributed by atoms with van der Waals surface area (Å²) in [6.07, 6.45) is 9.06. The quantitative estimate of drug-likeness (QED) is 0.810. The monoisotopic (exact) mass is 369 g/mol. The Morgan fingerprint density at radius 1 is 1.33 bits per heavy atom. The topological polar surface area (TPSA) is 83.1 Å². The van der Waals surface area contributed by atoms with Gasteiger partial charge in [-0.05, 0) is 50.2 Å². The molecule has 27 heavy (non-hydrogen) atoms. The number of H-pyrrole nitrogens is 1. The van der Waals surface area contributed by atoms with Crippen LogP contribution in [-0.4, -0.2) is 57.6 Å². The first kappa shape index (κ1) is 18.0. The molecule has 0 unspecified atom stereocenters. The van der Waals surface area contributed by atoms with Gasteiger partial charge in [0.15, 0.2) is 0 Å². The van der Waals surface area contributed by atoms with Gasteiger partial charge in [-0.25, -0.2) is 9.97 Å². The van der Waals surface area contributed by atoms with Crippen LogP contribution in [0.2, 0.25) is 0 Å². The number of hydrogen-bond acceptors (Lipinski definition) is 5. The highest BCUT2D eigenvalue weighted by molar-refractivity contribution is 5.91. The summed E-state index contributed by atoms with van der Waals surface area (Å²) in [4.78, 5) is 26.3. The number of carbonyl (C=O) groups is 1. The highest BCUT2D eigenvalue weighted by Crippen LogP contribution is 2.35. The highest BCUT2D eigenvalue weighted by Gasteiger charge is 2.29. The zero-order valence-corrected chi connectivity index (χ0v) is 15.8. The van der Waals surface area contributed by atoms with Crippen LogP contribution in [0.4, 0.5) is 5.82 Å². The molecule has 144 valence electrons. The van der Waals surface area contributed by atoms with E-state index in [9.17, 15) is 4.79 Å². The maximum atomic E-state index is 12.1. The van der Waals surface area contributed by atoms with E-state index in [1.165, 1.54) is 11.6 Å². The Bertz CT molecular complexity index is 827. The zero-order chi connectivity index (χ0) is 18.8. The minimum absolute atomic E-state index is 0.00799. The van der Waals surface area contributed by atoms with E-state index in [4.69, 9.17) is 4.74 Å². The molecule has 2 fully saturated rings. The van der Waals surface area contributed by atoms with Gasteiger partial charge in [-0.3, -0.25) is 4.79 Å². The number of hydrogen-bond donors (Lipinski definition) is 2. The number of amides is 1. The first-order chi connectivity index (χ1) is 13.2. The van der Waals surface area contributed by atoms with Crippen molar-refractivity contribution in [2.75, 3.05) is 25.1 Å². The lowest BCUT2D eigenvalue weighted by Gasteiger charge is -2.38. The maximum Gasteiger partial charge on any atom is 0.246 e. The summed E-state index contributed by atoms with van der Waals surface area (Å²) in [5.74, 6) is 1.31. The molecule has 2 aromatic rings. The van der Waals surface area contributed by atoms with E-state index in [0.717, 1.165) is 55.7 Å². The van der Waals surface area contributed by atoms with Gasteiger partial charge >= 0.3 is 0 Å². The smallest absolute Gasteiger partial charge is 0.246 e. The Morgan fingerprint density at radius 3 is 2.93 bits per heavy atom. The third kappa shape index (κ3) is 3.56. The van der Waals surface area contributed by atoms with Crippen LogP contribution in [0, 0.1) is 0 Å². The molecule has 7 heteroatoms. The summed E-state index contributed by atoms with van der Waals surface area (Å²) in [6, 6.07) is 0.407. The standard InChI is InChI=1S/C20H27N5O2/c1-3-17(26)25-11-15(5-4-13(25)2)24-20-18-16(14-6-8-27-9-7-14)10-21-19(18)22-12-23-20/h3,10,12-15H,1,4-9,11H2,2H3,(H2,21,22,23,24)/t13-,15+/m0/s1. The molecule has 2 saturated heterocycles. The number of likely N-dealkylation sites (tertiary alicyclic amines) is 1. The predicted molar refractivity (Wildman–Crippen MR) is 105 cm³/mol. The van der Waals surface area contributed by atoms with Crippen molar-refractivity contribution in [3.05, 3.63) is 30.7 Å². The van der Waals surface area contributed by atoms with Crippen molar-refractivity contribution in [3.63, 3.8) is 0 Å². The largest absolute Gasteiger partial charge is 0.381 e. The van der Waals surface area contributed by atoms with Gasteiger partial charge in [0.1, 0.15) is 17.8 Å². The molecule has 0 aliphatic carbocycles. The second-order valence-electron chi connectivity index (χ2n) is 7.54. The summed E-state index contributed by atoms with van der Waals surface area (Å²) in [5.41, 5.74) is 2.12. The molecule has 0 radical (unpaired) electrons. The molecule has 2 aliphatic rings. The molecule has 2 aromatic heterocycles. The van der Waals surface area contributed by atoms with Crippen LogP contribution >= 0.6 is 0 Å². The molecule has 0 spiro atoms. The molecular formula is C20H27N5O2. The minimum Gasteiger partial charge on any atom is -0.381 e. The maximum absolute atomic E-state index is 12.1. The van der Waals surface area contributed by atoms with Crippen molar-refractivity contribution < 1.29 is 9.53 Å². The van der Waals surface area contributed by atoms with Crippen LogP contribution in [0.1, 0.15) is 44.1 Å². The second kappa shape index (κ2) is 7.68. The Balaban J connectivity index is 1.59. The van der Waals surface area contributed by atoms with Gasteiger partial charge in [-0.1, -0.05) is 6.58 Å². The van der Waals surface area contributed by atoms with E-state index in [1.807, 2.05) is 4.90 Å². The molecule has 4 rings (SSSR count). The molecule has 0 bridgehead atoms. The Hall–Kier alpha value is -2.41. The van der Waals surface area contributed by atoms with E-state index < -0.39 is 0 Å². The third-order valence-electron chi connectivity index (χ3n) is 5.84. The number of ether oxygens (including phenoxy) is 1. The number of nitrogens with one attached hydrogen (secondary N) is 2. The number of carbonyl (C=O) groups excluding carboxylic acids is 1. The predicted octanol–water partition coefficient (Wildman–Crippen LogP) is 2.83. The lowest BCUT2D eigenvalue weighted by Crippen LogP contribution is -2.49. The molecule has 1 amide bonds. The molecule has 2 atom stereocenters. The molecule has 0 saturated carbocycles. The fourth-order valence-electron chi connectivity index (χ4n) is 4.27. The molecular weight excluding hydrogens is 342 g/mol. The first-order valence-corrected chi connectivity index (χ1v) is 9.76. The van der Waals surface area contributed by atoms with Gasteiger partial charge in [0, 0.05) is 38.0 Å². The lowest BCUT2D eigenvalue weighted by molar-refractivity contribution is -0.129. The fraction of sp³-hybridized carbons (Fsp3) is 0.550. The van der Waals surface area contributed by atoms with Crippen LogP contribution in [-0.2, 0) is 9.53 Å². The molecule has 7 nitrogen and oxygen atoms in total. The van der Waals surface area contributed by atoms with Gasteiger partial charge in [0.25, 0.3) is 0 Å². The van der Waals surface area contributed by atoms with Crippen LogP contribution in [0.5, 0.6) is 0 Å². The molecule has 4 heterocycles. The number of aromatic nitrogens is 3. The molecule has 0 aromatic carbocycles. The zero-order valence-electron chi connectivity index (χ0n) is 15.8. The van der Waals surface area contributed by atoms with Crippen molar-refractivity contribution >= 4 is 22.8 Å². The lowest BCUT2D eigenvalue weighted by atomic mass is 9.92. The van der Waals surface area contributed by atoms with Crippen molar-refractivity contribution in [3.8, 4) is 0 Å². The molecule has 2 aliphatic heterocycles. The summed E-state index contributed by atoms with van der Waals surface area (Å²) in [5, 5.41) is 4.66. The van der Waals surface area contributed by atoms with Gasteiger partial charge in [-0.2, -0.15) is 0 Å². The Kier molecular flexibility index (Phi) is 5.11. The van der Waals surface area contributed by atoms with Crippen LogP contribution in [0.15, 0.2) is 25.2 Å². The number of rotatable bonds is 4. The Morgan fingerprint density at radius 2 is 2.15 bits per heavy atom. The van der Waals surface area contributed by atoms with Gasteiger partial charge in [0.2, 0.25) is 5.91 Å². The average Bonchev–Trinajstić information content (AvgIpc) is 3.15. The van der Waals surface area contributed by atoms with Gasteiger partial charge in [-0.15, -0.1) is 0 Å². The third-order valence-corrected chi connectivity index (χ3v) is 5.84. The van der Waals surface area contributed by atoms with E-state index in [-0.39, 0.29) is 18.0 Å². The van der Waals surface area contributed by atoms with Gasteiger partial charge < -0.3 is 19.9 Å².